The number of carbonyl (C=O) groups excluding carboxylic acids is 3. The van der Waals surface area contributed by atoms with Crippen molar-refractivity contribution < 1.29 is 23.9 Å². The lowest BCUT2D eigenvalue weighted by Crippen LogP contribution is -2.40. The molecule has 1 amide bonds. The van der Waals surface area contributed by atoms with Crippen LogP contribution >= 0.6 is 0 Å². The van der Waals surface area contributed by atoms with Crippen LogP contribution in [-0.2, 0) is 27.9 Å². The number of para-hydroxylation sites is 1. The first-order valence-corrected chi connectivity index (χ1v) is 10.9. The lowest BCUT2D eigenvalue weighted by atomic mass is 10.1. The van der Waals surface area contributed by atoms with Gasteiger partial charge < -0.3 is 41.0 Å². The third kappa shape index (κ3) is 6.63. The Bertz CT molecular complexity index is 1230. The second-order valence-corrected chi connectivity index (χ2v) is 8.22. The molecule has 0 saturated heterocycles. The van der Waals surface area contributed by atoms with Crippen LogP contribution in [0.5, 0.6) is 5.75 Å². The molecule has 2 aromatic rings. The van der Waals surface area contributed by atoms with Crippen molar-refractivity contribution in [3.63, 3.8) is 0 Å². The quantitative estimate of drug-likeness (QED) is 0.0770. The van der Waals surface area contributed by atoms with Gasteiger partial charge in [0.25, 0.3) is 0 Å². The largest absolute Gasteiger partial charge is 0.425 e. The minimum absolute atomic E-state index is 0.0575. The highest BCUT2D eigenvalue weighted by Gasteiger charge is 2.30. The summed E-state index contributed by atoms with van der Waals surface area (Å²) in [6, 6.07) is 4.45. The monoisotopic (exact) mass is 515 g/mol. The molecular weight excluding hydrogens is 486 g/mol. The first kappa shape index (κ1) is 26.7. The van der Waals surface area contributed by atoms with E-state index < -0.39 is 42.5 Å². The number of nitrogens with two attached hydrogens (primary N) is 2. The molecule has 37 heavy (non-hydrogen) atoms. The van der Waals surface area contributed by atoms with Crippen LogP contribution in [0.25, 0.3) is 0 Å². The molecule has 16 nitrogen and oxygen atoms in total. The zero-order chi connectivity index (χ0) is 27.3. The highest BCUT2D eigenvalue weighted by atomic mass is 16.6. The van der Waals surface area contributed by atoms with Crippen LogP contribution in [0.4, 0.5) is 16.6 Å². The molecule has 0 fully saturated rings. The summed E-state index contributed by atoms with van der Waals surface area (Å²) >= 11 is 0. The third-order valence-corrected chi connectivity index (χ3v) is 5.25. The van der Waals surface area contributed by atoms with E-state index in [4.69, 9.17) is 31.8 Å². The summed E-state index contributed by atoms with van der Waals surface area (Å²) in [5, 5.41) is 21.9. The molecule has 1 aliphatic heterocycles. The lowest BCUT2D eigenvalue weighted by Gasteiger charge is -2.30. The van der Waals surface area contributed by atoms with Gasteiger partial charge in [-0.2, -0.15) is 4.98 Å². The summed E-state index contributed by atoms with van der Waals surface area (Å²) in [6.45, 7) is 0.862. The Balaban J connectivity index is 1.76. The van der Waals surface area contributed by atoms with Crippen LogP contribution in [0.3, 0.4) is 0 Å². The SMILES string of the molecule is CN1Cc2c(nc(NC(=O)OC(=O)C(NC(=N)N)c3ccccc3OC(=O)CNC(=N)N)n2C)N(C)C1. The number of imidazole rings is 1. The fourth-order valence-electron chi connectivity index (χ4n) is 3.67. The fraction of sp³-hybridized carbons (Fsp3) is 0.333. The Kier molecular flexibility index (Phi) is 8.13. The molecule has 198 valence electrons. The summed E-state index contributed by atoms with van der Waals surface area (Å²) in [6.07, 6.45) is -1.11. The van der Waals surface area contributed by atoms with Crippen molar-refractivity contribution in [3.8, 4) is 5.75 Å². The predicted molar refractivity (Wildman–Crippen MR) is 133 cm³/mol. The first-order chi connectivity index (χ1) is 17.5. The first-order valence-electron chi connectivity index (χ1n) is 10.9. The van der Waals surface area contributed by atoms with Crippen molar-refractivity contribution in [2.75, 3.05) is 37.5 Å². The molecule has 9 N–H and O–H groups in total. The molecule has 1 aliphatic rings. The highest BCUT2D eigenvalue weighted by Crippen LogP contribution is 2.28. The Morgan fingerprint density at radius 3 is 2.51 bits per heavy atom. The summed E-state index contributed by atoms with van der Waals surface area (Å²) < 4.78 is 11.9. The van der Waals surface area contributed by atoms with Gasteiger partial charge in [-0.05, 0) is 13.1 Å². The van der Waals surface area contributed by atoms with Crippen LogP contribution in [0.2, 0.25) is 0 Å². The smallest absolute Gasteiger partial charge is 0.421 e. The van der Waals surface area contributed by atoms with Crippen molar-refractivity contribution in [3.05, 3.63) is 35.5 Å². The number of amides is 1. The number of aromatic nitrogens is 2. The van der Waals surface area contributed by atoms with E-state index in [-0.39, 0.29) is 17.3 Å². The van der Waals surface area contributed by atoms with Gasteiger partial charge in [0.15, 0.2) is 23.8 Å². The maximum Gasteiger partial charge on any atom is 0.421 e. The van der Waals surface area contributed by atoms with Crippen molar-refractivity contribution in [1.82, 2.24) is 25.1 Å². The average Bonchev–Trinajstić information content (AvgIpc) is 3.12. The van der Waals surface area contributed by atoms with E-state index in [2.05, 4.69) is 25.8 Å². The van der Waals surface area contributed by atoms with Crippen molar-refractivity contribution in [1.29, 1.82) is 10.8 Å². The second-order valence-electron chi connectivity index (χ2n) is 8.22. The summed E-state index contributed by atoms with van der Waals surface area (Å²) in [4.78, 5) is 46.1. The molecule has 0 aliphatic carbocycles. The number of esters is 2. The minimum atomic E-state index is -1.47. The molecule has 2 heterocycles. The third-order valence-electron chi connectivity index (χ3n) is 5.25. The molecule has 1 aromatic heterocycles. The number of ether oxygens (including phenoxy) is 2. The molecule has 1 atom stereocenters. The molecular formula is C21H29N11O5. The van der Waals surface area contributed by atoms with Crippen molar-refractivity contribution in [2.45, 2.75) is 12.6 Å². The van der Waals surface area contributed by atoms with E-state index >= 15 is 0 Å². The number of rotatable bonds is 7. The Morgan fingerprint density at radius 1 is 1.14 bits per heavy atom. The van der Waals surface area contributed by atoms with Crippen LogP contribution in [0.1, 0.15) is 17.3 Å². The van der Waals surface area contributed by atoms with Gasteiger partial charge in [0, 0.05) is 26.2 Å². The molecule has 0 spiro atoms. The topological polar surface area (TPSA) is 230 Å². The van der Waals surface area contributed by atoms with Crippen LogP contribution in [0.15, 0.2) is 24.3 Å². The standard InChI is InChI=1S/C21H29N11O5/c1-30-9-12-16(31(2)10-30)28-20(32(12)3)29-21(35)37-17(34)15(27-19(24)25)11-6-4-5-7-13(11)36-14(33)8-26-18(22)23/h4-7,15H,8-10H2,1-3H3,(H4,22,23,26)(H4,24,25,27)(H,28,29,35). The van der Waals surface area contributed by atoms with Crippen LogP contribution in [0, 0.1) is 10.8 Å². The van der Waals surface area contributed by atoms with Crippen molar-refractivity contribution in [2.24, 2.45) is 18.5 Å². The van der Waals surface area contributed by atoms with Crippen molar-refractivity contribution >= 4 is 41.7 Å². The van der Waals surface area contributed by atoms with Gasteiger partial charge >= 0.3 is 18.0 Å². The van der Waals surface area contributed by atoms with Gasteiger partial charge in [-0.3, -0.25) is 21.0 Å². The van der Waals surface area contributed by atoms with E-state index in [1.54, 1.807) is 23.7 Å². The minimum Gasteiger partial charge on any atom is -0.425 e. The van der Waals surface area contributed by atoms with Crippen LogP contribution < -0.4 is 37.1 Å². The van der Waals surface area contributed by atoms with Gasteiger partial charge in [-0.25, -0.2) is 14.4 Å². The number of carbonyl (C=O) groups is 3. The molecule has 3 rings (SSSR count). The summed E-state index contributed by atoms with van der Waals surface area (Å²) in [5.74, 6) is -2.13. The van der Waals surface area contributed by atoms with E-state index in [0.717, 1.165) is 5.69 Å². The molecule has 0 bridgehead atoms. The average molecular weight is 516 g/mol. The van der Waals surface area contributed by atoms with Gasteiger partial charge in [-0.15, -0.1) is 0 Å². The number of nitrogens with one attached hydrogen (secondary N) is 5. The van der Waals surface area contributed by atoms with Gasteiger partial charge in [0.2, 0.25) is 5.95 Å². The normalized spacial score (nSPS) is 13.6. The predicted octanol–water partition coefficient (Wildman–Crippen LogP) is -1.05. The zero-order valence-corrected chi connectivity index (χ0v) is 20.5. The number of guanidine groups is 2. The van der Waals surface area contributed by atoms with E-state index in [1.165, 1.54) is 12.1 Å². The number of nitrogens with zero attached hydrogens (tertiary/aromatic N) is 4. The zero-order valence-electron chi connectivity index (χ0n) is 20.5. The van der Waals surface area contributed by atoms with E-state index in [9.17, 15) is 14.4 Å². The molecule has 1 aromatic carbocycles. The fourth-order valence-corrected chi connectivity index (χ4v) is 3.67. The Labute approximate surface area is 211 Å². The summed E-state index contributed by atoms with van der Waals surface area (Å²) in [5.41, 5.74) is 11.5. The second kappa shape index (κ2) is 11.3. The molecule has 0 saturated carbocycles. The van der Waals surface area contributed by atoms with Gasteiger partial charge in [0.1, 0.15) is 12.3 Å². The number of fused-ring (bicyclic) bond motifs is 1. The molecule has 16 heteroatoms. The lowest BCUT2D eigenvalue weighted by molar-refractivity contribution is -0.139. The molecule has 1 unspecified atom stereocenters. The van der Waals surface area contributed by atoms with Gasteiger partial charge in [0.05, 0.1) is 12.4 Å². The number of hydrogen-bond acceptors (Lipinski definition) is 10. The number of benzene rings is 1. The van der Waals surface area contributed by atoms with E-state index in [0.29, 0.717) is 19.0 Å². The maximum atomic E-state index is 13.0. The number of hydrogen-bond donors (Lipinski definition) is 7. The Morgan fingerprint density at radius 2 is 1.84 bits per heavy atom. The number of anilines is 2. The van der Waals surface area contributed by atoms with Gasteiger partial charge in [-0.1, -0.05) is 18.2 Å². The maximum absolute atomic E-state index is 13.0. The van der Waals surface area contributed by atoms with E-state index in [1.807, 2.05) is 19.0 Å². The summed E-state index contributed by atoms with van der Waals surface area (Å²) in [7, 11) is 5.54. The Hall–Kier alpha value is -4.86. The highest BCUT2D eigenvalue weighted by molar-refractivity contribution is 5.96. The van der Waals surface area contributed by atoms with Crippen LogP contribution in [-0.4, -0.2) is 71.7 Å². The molecule has 0 radical (unpaired) electrons.